The fourth-order valence-electron chi connectivity index (χ4n) is 2.75. The number of nitrogens with two attached hydrogens (primary N) is 1. The maximum Gasteiger partial charge on any atom is 0.258 e. The van der Waals surface area contributed by atoms with Gasteiger partial charge in [-0.25, -0.2) is 4.39 Å². The summed E-state index contributed by atoms with van der Waals surface area (Å²) in [4.78, 5) is 14.3. The van der Waals surface area contributed by atoms with Crippen LogP contribution >= 0.6 is 0 Å². The molecular weight excluding hydrogens is 267 g/mol. The van der Waals surface area contributed by atoms with Crippen LogP contribution in [-0.2, 0) is 12.8 Å². The van der Waals surface area contributed by atoms with E-state index in [2.05, 4.69) is 0 Å². The topological polar surface area (TPSA) is 46.3 Å². The first kappa shape index (κ1) is 13.8. The van der Waals surface area contributed by atoms with E-state index in [0.29, 0.717) is 24.3 Å². The molecule has 0 atom stereocenters. The molecule has 2 aromatic rings. The van der Waals surface area contributed by atoms with Gasteiger partial charge in [0.05, 0.1) is 5.69 Å². The Morgan fingerprint density at radius 1 is 1.24 bits per heavy atom. The summed E-state index contributed by atoms with van der Waals surface area (Å²) in [7, 11) is 0. The second-order valence-corrected chi connectivity index (χ2v) is 5.22. The smallest absolute Gasteiger partial charge is 0.258 e. The molecule has 3 rings (SSSR count). The molecular formula is C17H17FN2O. The normalized spacial score (nSPS) is 13.3. The van der Waals surface area contributed by atoms with E-state index in [9.17, 15) is 9.18 Å². The Hall–Kier alpha value is -2.20. The van der Waals surface area contributed by atoms with Crippen molar-refractivity contribution in [1.29, 1.82) is 0 Å². The minimum atomic E-state index is -0.315. The quantitative estimate of drug-likeness (QED) is 0.941. The number of fused-ring (bicyclic) bond motifs is 1. The van der Waals surface area contributed by atoms with Crippen LogP contribution in [-0.4, -0.2) is 19.0 Å². The van der Waals surface area contributed by atoms with E-state index >= 15 is 0 Å². The van der Waals surface area contributed by atoms with Gasteiger partial charge in [-0.3, -0.25) is 4.79 Å². The first-order valence-corrected chi connectivity index (χ1v) is 7.08. The standard InChI is InChI=1S/C17H17FN2O/c18-15-5-4-13-7-9-20(16(13)11-15)17(21)14-3-1-2-12(10-14)6-8-19/h1-5,10-11H,6-9,19H2. The molecule has 1 aliphatic rings. The van der Waals surface area contributed by atoms with E-state index in [4.69, 9.17) is 5.73 Å². The minimum absolute atomic E-state index is 0.0850. The molecule has 0 saturated carbocycles. The van der Waals surface area contributed by atoms with Crippen LogP contribution in [0.2, 0.25) is 0 Å². The van der Waals surface area contributed by atoms with Crippen molar-refractivity contribution in [3.63, 3.8) is 0 Å². The van der Waals surface area contributed by atoms with Gasteiger partial charge in [0.1, 0.15) is 5.82 Å². The Bertz CT molecular complexity index is 684. The number of carbonyl (C=O) groups excluding carboxylic acids is 1. The van der Waals surface area contributed by atoms with E-state index in [1.54, 1.807) is 17.0 Å². The predicted molar refractivity (Wildman–Crippen MR) is 81.0 cm³/mol. The summed E-state index contributed by atoms with van der Waals surface area (Å²) in [6.07, 6.45) is 1.51. The molecule has 1 aliphatic heterocycles. The van der Waals surface area contributed by atoms with Crippen LogP contribution in [0.4, 0.5) is 10.1 Å². The number of hydrogen-bond acceptors (Lipinski definition) is 2. The number of rotatable bonds is 3. The van der Waals surface area contributed by atoms with Crippen LogP contribution in [0.1, 0.15) is 21.5 Å². The summed E-state index contributed by atoms with van der Waals surface area (Å²) in [5, 5.41) is 0. The zero-order valence-corrected chi connectivity index (χ0v) is 11.7. The second kappa shape index (κ2) is 5.66. The fraction of sp³-hybridized carbons (Fsp3) is 0.235. The van der Waals surface area contributed by atoms with Crippen LogP contribution in [0, 0.1) is 5.82 Å². The monoisotopic (exact) mass is 284 g/mol. The van der Waals surface area contributed by atoms with Crippen molar-refractivity contribution in [3.8, 4) is 0 Å². The molecule has 0 unspecified atom stereocenters. The van der Waals surface area contributed by atoms with Gasteiger partial charge in [-0.15, -0.1) is 0 Å². The molecule has 3 nitrogen and oxygen atoms in total. The number of benzene rings is 2. The van der Waals surface area contributed by atoms with Crippen molar-refractivity contribution >= 4 is 11.6 Å². The zero-order chi connectivity index (χ0) is 14.8. The summed E-state index contributed by atoms with van der Waals surface area (Å²) in [6.45, 7) is 1.15. The Labute approximate surface area is 123 Å². The molecule has 2 aromatic carbocycles. The number of amides is 1. The molecule has 1 amide bonds. The van der Waals surface area contributed by atoms with Crippen LogP contribution in [0.25, 0.3) is 0 Å². The Morgan fingerprint density at radius 2 is 2.10 bits per heavy atom. The molecule has 0 radical (unpaired) electrons. The summed E-state index contributed by atoms with van der Waals surface area (Å²) in [6, 6.07) is 12.1. The lowest BCUT2D eigenvalue weighted by Crippen LogP contribution is -2.29. The van der Waals surface area contributed by atoms with Gasteiger partial charge in [0, 0.05) is 12.1 Å². The molecule has 108 valence electrons. The zero-order valence-electron chi connectivity index (χ0n) is 11.7. The van der Waals surface area contributed by atoms with E-state index < -0.39 is 0 Å². The second-order valence-electron chi connectivity index (χ2n) is 5.22. The number of carbonyl (C=O) groups is 1. The highest BCUT2D eigenvalue weighted by atomic mass is 19.1. The van der Waals surface area contributed by atoms with Crippen molar-refractivity contribution in [2.75, 3.05) is 18.0 Å². The lowest BCUT2D eigenvalue weighted by Gasteiger charge is -2.18. The summed E-state index contributed by atoms with van der Waals surface area (Å²) in [5.74, 6) is -0.399. The van der Waals surface area contributed by atoms with Crippen molar-refractivity contribution in [3.05, 3.63) is 65.0 Å². The van der Waals surface area contributed by atoms with Gasteiger partial charge in [0.2, 0.25) is 0 Å². The molecule has 0 spiro atoms. The minimum Gasteiger partial charge on any atom is -0.330 e. The molecule has 0 saturated heterocycles. The third-order valence-electron chi connectivity index (χ3n) is 3.79. The number of halogens is 1. The Morgan fingerprint density at radius 3 is 2.90 bits per heavy atom. The Balaban J connectivity index is 1.90. The highest BCUT2D eigenvalue weighted by Gasteiger charge is 2.25. The number of nitrogens with zero attached hydrogens (tertiary/aromatic N) is 1. The van der Waals surface area contributed by atoms with Crippen LogP contribution < -0.4 is 10.6 Å². The first-order chi connectivity index (χ1) is 10.2. The van der Waals surface area contributed by atoms with Crippen molar-refractivity contribution in [2.24, 2.45) is 5.73 Å². The van der Waals surface area contributed by atoms with Crippen molar-refractivity contribution in [2.45, 2.75) is 12.8 Å². The Kier molecular flexibility index (Phi) is 3.71. The average Bonchev–Trinajstić information content (AvgIpc) is 2.90. The molecule has 2 N–H and O–H groups in total. The molecule has 0 bridgehead atoms. The first-order valence-electron chi connectivity index (χ1n) is 7.08. The van der Waals surface area contributed by atoms with E-state index in [1.165, 1.54) is 12.1 Å². The third-order valence-corrected chi connectivity index (χ3v) is 3.79. The maximum atomic E-state index is 13.4. The summed E-state index contributed by atoms with van der Waals surface area (Å²) >= 11 is 0. The number of hydrogen-bond donors (Lipinski definition) is 1. The van der Waals surface area contributed by atoms with Crippen LogP contribution in [0.5, 0.6) is 0 Å². The molecule has 4 heteroatoms. The summed E-state index contributed by atoms with van der Waals surface area (Å²) < 4.78 is 13.4. The van der Waals surface area contributed by atoms with Gasteiger partial charge in [-0.05, 0) is 54.8 Å². The SMILES string of the molecule is NCCc1cccc(C(=O)N2CCc3ccc(F)cc32)c1. The average molecular weight is 284 g/mol. The summed E-state index contributed by atoms with van der Waals surface area (Å²) in [5.41, 5.74) is 8.92. The van der Waals surface area contributed by atoms with Gasteiger partial charge in [-0.2, -0.15) is 0 Å². The number of anilines is 1. The highest BCUT2D eigenvalue weighted by Crippen LogP contribution is 2.30. The van der Waals surface area contributed by atoms with Gasteiger partial charge in [0.15, 0.2) is 0 Å². The molecule has 0 fully saturated rings. The van der Waals surface area contributed by atoms with Gasteiger partial charge in [-0.1, -0.05) is 18.2 Å². The maximum absolute atomic E-state index is 13.4. The van der Waals surface area contributed by atoms with Gasteiger partial charge in [0.25, 0.3) is 5.91 Å². The molecule has 0 aliphatic carbocycles. The van der Waals surface area contributed by atoms with E-state index in [0.717, 1.165) is 24.0 Å². The van der Waals surface area contributed by atoms with Crippen LogP contribution in [0.15, 0.2) is 42.5 Å². The van der Waals surface area contributed by atoms with E-state index in [-0.39, 0.29) is 11.7 Å². The van der Waals surface area contributed by atoms with Crippen LogP contribution in [0.3, 0.4) is 0 Å². The lowest BCUT2D eigenvalue weighted by atomic mass is 10.1. The fourth-order valence-corrected chi connectivity index (χ4v) is 2.75. The lowest BCUT2D eigenvalue weighted by molar-refractivity contribution is 0.0989. The third kappa shape index (κ3) is 2.67. The highest BCUT2D eigenvalue weighted by molar-refractivity contribution is 6.07. The van der Waals surface area contributed by atoms with Crippen molar-refractivity contribution in [1.82, 2.24) is 0 Å². The van der Waals surface area contributed by atoms with Crippen molar-refractivity contribution < 1.29 is 9.18 Å². The molecule has 0 aromatic heterocycles. The van der Waals surface area contributed by atoms with Gasteiger partial charge >= 0.3 is 0 Å². The largest absolute Gasteiger partial charge is 0.330 e. The van der Waals surface area contributed by atoms with E-state index in [1.807, 2.05) is 18.2 Å². The van der Waals surface area contributed by atoms with Gasteiger partial charge < -0.3 is 10.6 Å². The molecule has 1 heterocycles. The predicted octanol–water partition coefficient (Wildman–Crippen LogP) is 2.53. The molecule has 21 heavy (non-hydrogen) atoms.